The van der Waals surface area contributed by atoms with Gasteiger partial charge in [0.05, 0.1) is 0 Å². The van der Waals surface area contributed by atoms with Crippen molar-refractivity contribution in [1.29, 1.82) is 0 Å². The van der Waals surface area contributed by atoms with Gasteiger partial charge in [-0.1, -0.05) is 19.1 Å². The Morgan fingerprint density at radius 1 is 1.14 bits per heavy atom. The predicted molar refractivity (Wildman–Crippen MR) is 83.6 cm³/mol. The van der Waals surface area contributed by atoms with Crippen LogP contribution in [0, 0.1) is 18.8 Å². The SMILES string of the molecule is Cc1cccc(Oc2ccc(NC(=O)C3CC3C)cc2)c1. The highest BCUT2D eigenvalue weighted by Crippen LogP contribution is 2.38. The van der Waals surface area contributed by atoms with Gasteiger partial charge in [-0.25, -0.2) is 0 Å². The molecule has 2 aromatic carbocycles. The Morgan fingerprint density at radius 2 is 1.86 bits per heavy atom. The maximum Gasteiger partial charge on any atom is 0.227 e. The number of ether oxygens (including phenoxy) is 1. The molecular formula is C18H19NO2. The van der Waals surface area contributed by atoms with Crippen LogP contribution in [0.5, 0.6) is 11.5 Å². The van der Waals surface area contributed by atoms with Gasteiger partial charge < -0.3 is 10.1 Å². The molecule has 1 N–H and O–H groups in total. The summed E-state index contributed by atoms with van der Waals surface area (Å²) in [7, 11) is 0. The Kier molecular flexibility index (Phi) is 3.65. The van der Waals surface area contributed by atoms with Crippen molar-refractivity contribution in [3.8, 4) is 11.5 Å². The van der Waals surface area contributed by atoms with Crippen LogP contribution in [-0.4, -0.2) is 5.91 Å². The molecule has 2 atom stereocenters. The fourth-order valence-electron chi connectivity index (χ4n) is 2.34. The molecule has 2 unspecified atom stereocenters. The summed E-state index contributed by atoms with van der Waals surface area (Å²) >= 11 is 0. The molecule has 21 heavy (non-hydrogen) atoms. The van der Waals surface area contributed by atoms with Gasteiger partial charge in [-0.15, -0.1) is 0 Å². The normalized spacial score (nSPS) is 19.9. The predicted octanol–water partition coefficient (Wildman–Crippen LogP) is 4.38. The van der Waals surface area contributed by atoms with Crippen molar-refractivity contribution in [2.75, 3.05) is 5.32 Å². The standard InChI is InChI=1S/C18H19NO2/c1-12-4-3-5-16(10-12)21-15-8-6-14(7-9-15)19-18(20)17-11-13(17)2/h3-10,13,17H,11H2,1-2H3,(H,19,20). The van der Waals surface area contributed by atoms with Crippen molar-refractivity contribution in [1.82, 2.24) is 0 Å². The third kappa shape index (κ3) is 3.43. The molecule has 3 rings (SSSR count). The molecule has 1 aliphatic rings. The first-order valence-electron chi connectivity index (χ1n) is 7.27. The molecule has 2 aromatic rings. The minimum atomic E-state index is 0.120. The summed E-state index contributed by atoms with van der Waals surface area (Å²) < 4.78 is 5.78. The van der Waals surface area contributed by atoms with Crippen molar-refractivity contribution >= 4 is 11.6 Å². The van der Waals surface area contributed by atoms with Crippen LogP contribution < -0.4 is 10.1 Å². The Morgan fingerprint density at radius 3 is 2.48 bits per heavy atom. The van der Waals surface area contributed by atoms with Crippen LogP contribution in [-0.2, 0) is 4.79 Å². The number of hydrogen-bond acceptors (Lipinski definition) is 2. The van der Waals surface area contributed by atoms with Crippen LogP contribution in [0.25, 0.3) is 0 Å². The first-order valence-corrected chi connectivity index (χ1v) is 7.27. The van der Waals surface area contributed by atoms with Gasteiger partial charge in [-0.05, 0) is 61.2 Å². The Balaban J connectivity index is 1.62. The molecule has 0 radical (unpaired) electrons. The summed E-state index contributed by atoms with van der Waals surface area (Å²) in [4.78, 5) is 11.9. The smallest absolute Gasteiger partial charge is 0.227 e. The van der Waals surface area contributed by atoms with Crippen LogP contribution in [0.1, 0.15) is 18.9 Å². The summed E-state index contributed by atoms with van der Waals surface area (Å²) in [5.41, 5.74) is 1.98. The van der Waals surface area contributed by atoms with Crippen LogP contribution in [0.4, 0.5) is 5.69 Å². The summed E-state index contributed by atoms with van der Waals surface area (Å²) in [5.74, 6) is 2.41. The molecule has 0 bridgehead atoms. The van der Waals surface area contributed by atoms with Crippen LogP contribution in [0.3, 0.4) is 0 Å². The van der Waals surface area contributed by atoms with E-state index in [1.165, 1.54) is 0 Å². The summed E-state index contributed by atoms with van der Waals surface area (Å²) in [6, 6.07) is 15.4. The fraction of sp³-hybridized carbons (Fsp3) is 0.278. The molecule has 0 heterocycles. The van der Waals surface area contributed by atoms with E-state index in [4.69, 9.17) is 4.74 Å². The second-order valence-corrected chi connectivity index (χ2v) is 5.75. The summed E-state index contributed by atoms with van der Waals surface area (Å²) in [6.45, 7) is 4.13. The lowest BCUT2D eigenvalue weighted by atomic mass is 10.2. The molecular weight excluding hydrogens is 262 g/mol. The summed E-state index contributed by atoms with van der Waals surface area (Å²) in [5, 5.41) is 2.94. The lowest BCUT2D eigenvalue weighted by Crippen LogP contribution is -2.14. The number of nitrogens with one attached hydrogen (secondary N) is 1. The highest BCUT2D eigenvalue weighted by molar-refractivity contribution is 5.94. The molecule has 1 saturated carbocycles. The van der Waals surface area contributed by atoms with Gasteiger partial charge in [0.2, 0.25) is 5.91 Å². The third-order valence-electron chi connectivity index (χ3n) is 3.79. The average Bonchev–Trinajstić information content (AvgIpc) is 3.18. The van der Waals surface area contributed by atoms with E-state index >= 15 is 0 Å². The number of carbonyl (C=O) groups excluding carboxylic acids is 1. The minimum absolute atomic E-state index is 0.120. The second kappa shape index (κ2) is 5.60. The number of amides is 1. The number of benzene rings is 2. The zero-order valence-corrected chi connectivity index (χ0v) is 12.3. The van der Waals surface area contributed by atoms with Gasteiger partial charge in [-0.2, -0.15) is 0 Å². The first-order chi connectivity index (χ1) is 10.1. The molecule has 0 aliphatic heterocycles. The fourth-order valence-corrected chi connectivity index (χ4v) is 2.34. The number of anilines is 1. The van der Waals surface area contributed by atoms with Gasteiger partial charge in [0.25, 0.3) is 0 Å². The lowest BCUT2D eigenvalue weighted by Gasteiger charge is -2.08. The van der Waals surface area contributed by atoms with E-state index in [9.17, 15) is 4.79 Å². The van der Waals surface area contributed by atoms with E-state index in [1.54, 1.807) is 0 Å². The van der Waals surface area contributed by atoms with Gasteiger partial charge in [-0.3, -0.25) is 4.79 Å². The van der Waals surface area contributed by atoms with Crippen LogP contribution >= 0.6 is 0 Å². The average molecular weight is 281 g/mol. The maximum absolute atomic E-state index is 11.9. The van der Waals surface area contributed by atoms with Crippen molar-refractivity contribution in [2.45, 2.75) is 20.3 Å². The van der Waals surface area contributed by atoms with Gasteiger partial charge in [0.1, 0.15) is 11.5 Å². The molecule has 0 aromatic heterocycles. The van der Waals surface area contributed by atoms with Gasteiger partial charge in [0, 0.05) is 11.6 Å². The monoisotopic (exact) mass is 281 g/mol. The van der Waals surface area contributed by atoms with Gasteiger partial charge >= 0.3 is 0 Å². The Labute approximate surface area is 124 Å². The Hall–Kier alpha value is -2.29. The van der Waals surface area contributed by atoms with E-state index in [0.29, 0.717) is 5.92 Å². The largest absolute Gasteiger partial charge is 0.457 e. The van der Waals surface area contributed by atoms with E-state index in [-0.39, 0.29) is 11.8 Å². The zero-order chi connectivity index (χ0) is 14.8. The minimum Gasteiger partial charge on any atom is -0.457 e. The number of aryl methyl sites for hydroxylation is 1. The topological polar surface area (TPSA) is 38.3 Å². The maximum atomic E-state index is 11.9. The second-order valence-electron chi connectivity index (χ2n) is 5.75. The highest BCUT2D eigenvalue weighted by Gasteiger charge is 2.38. The molecule has 3 heteroatoms. The number of rotatable bonds is 4. The van der Waals surface area contributed by atoms with E-state index in [0.717, 1.165) is 29.2 Å². The molecule has 1 fully saturated rings. The molecule has 0 spiro atoms. The van der Waals surface area contributed by atoms with Crippen molar-refractivity contribution < 1.29 is 9.53 Å². The van der Waals surface area contributed by atoms with Crippen molar-refractivity contribution in [3.63, 3.8) is 0 Å². The summed E-state index contributed by atoms with van der Waals surface area (Å²) in [6.07, 6.45) is 1.00. The highest BCUT2D eigenvalue weighted by atomic mass is 16.5. The molecule has 1 aliphatic carbocycles. The molecule has 108 valence electrons. The first kappa shape index (κ1) is 13.7. The number of hydrogen-bond donors (Lipinski definition) is 1. The number of carbonyl (C=O) groups is 1. The van der Waals surface area contributed by atoms with Crippen LogP contribution in [0.2, 0.25) is 0 Å². The Bertz CT molecular complexity index is 649. The lowest BCUT2D eigenvalue weighted by molar-refractivity contribution is -0.117. The van der Waals surface area contributed by atoms with Gasteiger partial charge in [0.15, 0.2) is 0 Å². The quantitative estimate of drug-likeness (QED) is 0.903. The van der Waals surface area contributed by atoms with E-state index in [2.05, 4.69) is 12.2 Å². The molecule has 0 saturated heterocycles. The van der Waals surface area contributed by atoms with E-state index < -0.39 is 0 Å². The van der Waals surface area contributed by atoms with Crippen molar-refractivity contribution in [2.24, 2.45) is 11.8 Å². The molecule has 3 nitrogen and oxygen atoms in total. The van der Waals surface area contributed by atoms with Crippen molar-refractivity contribution in [3.05, 3.63) is 54.1 Å². The molecule has 1 amide bonds. The van der Waals surface area contributed by atoms with Crippen LogP contribution in [0.15, 0.2) is 48.5 Å². The third-order valence-corrected chi connectivity index (χ3v) is 3.79. The van der Waals surface area contributed by atoms with E-state index in [1.807, 2.05) is 55.5 Å². The zero-order valence-electron chi connectivity index (χ0n) is 12.3.